The average molecular weight is 173 g/mol. The molecule has 0 saturated carbocycles. The fourth-order valence-electron chi connectivity index (χ4n) is 1.25. The van der Waals surface area contributed by atoms with E-state index in [1.165, 1.54) is 6.42 Å². The van der Waals surface area contributed by atoms with E-state index in [0.29, 0.717) is 0 Å². The van der Waals surface area contributed by atoms with Crippen LogP contribution >= 0.6 is 0 Å². The first-order chi connectivity index (χ1) is 5.93. The SMILES string of the molecule is CCCCOOC1CCCNC1. The Bertz CT molecular complexity index is 103. The van der Waals surface area contributed by atoms with Crippen molar-refractivity contribution in [3.05, 3.63) is 0 Å². The Kier molecular flexibility index (Phi) is 5.32. The van der Waals surface area contributed by atoms with Crippen LogP contribution in [0.1, 0.15) is 32.6 Å². The lowest BCUT2D eigenvalue weighted by Crippen LogP contribution is -2.35. The lowest BCUT2D eigenvalue weighted by atomic mass is 10.1. The molecule has 1 unspecified atom stereocenters. The van der Waals surface area contributed by atoms with Crippen molar-refractivity contribution in [3.8, 4) is 0 Å². The molecule has 0 aromatic heterocycles. The van der Waals surface area contributed by atoms with Crippen LogP contribution in [-0.4, -0.2) is 25.8 Å². The second-order valence-corrected chi connectivity index (χ2v) is 3.24. The third-order valence-corrected chi connectivity index (χ3v) is 2.04. The van der Waals surface area contributed by atoms with Crippen molar-refractivity contribution >= 4 is 0 Å². The maximum Gasteiger partial charge on any atom is 0.105 e. The van der Waals surface area contributed by atoms with Crippen LogP contribution in [0.15, 0.2) is 0 Å². The van der Waals surface area contributed by atoms with Gasteiger partial charge < -0.3 is 5.32 Å². The minimum Gasteiger partial charge on any atom is -0.314 e. The molecule has 1 atom stereocenters. The average Bonchev–Trinajstić information content (AvgIpc) is 2.14. The lowest BCUT2D eigenvalue weighted by Gasteiger charge is -2.21. The highest BCUT2D eigenvalue weighted by molar-refractivity contribution is 4.66. The molecule has 12 heavy (non-hydrogen) atoms. The summed E-state index contributed by atoms with van der Waals surface area (Å²) in [5.74, 6) is 0. The molecule has 1 heterocycles. The van der Waals surface area contributed by atoms with E-state index >= 15 is 0 Å². The highest BCUT2D eigenvalue weighted by Gasteiger charge is 2.13. The first kappa shape index (κ1) is 9.96. The Labute approximate surface area is 74.4 Å². The number of nitrogens with one attached hydrogen (secondary N) is 1. The summed E-state index contributed by atoms with van der Waals surface area (Å²) in [5.41, 5.74) is 0. The summed E-state index contributed by atoms with van der Waals surface area (Å²) in [6, 6.07) is 0. The molecule has 0 aromatic rings. The van der Waals surface area contributed by atoms with Crippen molar-refractivity contribution in [2.24, 2.45) is 0 Å². The molecule has 0 aromatic carbocycles. The summed E-state index contributed by atoms with van der Waals surface area (Å²) in [4.78, 5) is 10.3. The topological polar surface area (TPSA) is 30.5 Å². The molecule has 3 heteroatoms. The summed E-state index contributed by atoms with van der Waals surface area (Å²) >= 11 is 0. The Balaban J connectivity index is 1.91. The molecule has 1 saturated heterocycles. The maximum absolute atomic E-state index is 5.22. The summed E-state index contributed by atoms with van der Waals surface area (Å²) in [5, 5.41) is 3.27. The largest absolute Gasteiger partial charge is 0.314 e. The minimum absolute atomic E-state index is 0.274. The van der Waals surface area contributed by atoms with Gasteiger partial charge in [-0.25, -0.2) is 9.78 Å². The van der Waals surface area contributed by atoms with E-state index in [1.807, 2.05) is 0 Å². The molecule has 3 nitrogen and oxygen atoms in total. The number of hydrogen-bond donors (Lipinski definition) is 1. The minimum atomic E-state index is 0.274. The van der Waals surface area contributed by atoms with Crippen LogP contribution in [0, 0.1) is 0 Å². The van der Waals surface area contributed by atoms with Crippen LogP contribution in [0.2, 0.25) is 0 Å². The van der Waals surface area contributed by atoms with Crippen LogP contribution < -0.4 is 5.32 Å². The number of rotatable bonds is 5. The lowest BCUT2D eigenvalue weighted by molar-refractivity contribution is -0.325. The van der Waals surface area contributed by atoms with Crippen LogP contribution in [0.4, 0.5) is 0 Å². The fraction of sp³-hybridized carbons (Fsp3) is 1.00. The first-order valence-electron chi connectivity index (χ1n) is 4.92. The zero-order valence-electron chi connectivity index (χ0n) is 7.84. The second-order valence-electron chi connectivity index (χ2n) is 3.24. The zero-order chi connectivity index (χ0) is 8.65. The highest BCUT2D eigenvalue weighted by atomic mass is 17.2. The zero-order valence-corrected chi connectivity index (χ0v) is 7.84. The summed E-state index contributed by atoms with van der Waals surface area (Å²) < 4.78 is 0. The summed E-state index contributed by atoms with van der Waals surface area (Å²) in [6.07, 6.45) is 4.84. The van der Waals surface area contributed by atoms with Gasteiger partial charge in [0.1, 0.15) is 6.10 Å². The number of piperidine rings is 1. The van der Waals surface area contributed by atoms with Crippen molar-refractivity contribution < 1.29 is 9.78 Å². The number of unbranched alkanes of at least 4 members (excludes halogenated alkanes) is 1. The molecule has 1 fully saturated rings. The Morgan fingerprint density at radius 2 is 2.42 bits per heavy atom. The van der Waals surface area contributed by atoms with E-state index in [0.717, 1.165) is 39.0 Å². The van der Waals surface area contributed by atoms with Gasteiger partial charge in [-0.05, 0) is 25.8 Å². The van der Waals surface area contributed by atoms with Gasteiger partial charge in [-0.2, -0.15) is 0 Å². The quantitative estimate of drug-likeness (QED) is 0.388. The first-order valence-corrected chi connectivity index (χ1v) is 4.92. The normalized spacial score (nSPS) is 24.2. The molecular formula is C9H19NO2. The molecule has 72 valence electrons. The van der Waals surface area contributed by atoms with Gasteiger partial charge in [-0.1, -0.05) is 13.3 Å². The van der Waals surface area contributed by atoms with Crippen molar-refractivity contribution in [1.29, 1.82) is 0 Å². The fourth-order valence-corrected chi connectivity index (χ4v) is 1.25. The van der Waals surface area contributed by atoms with Crippen molar-refractivity contribution in [3.63, 3.8) is 0 Å². The highest BCUT2D eigenvalue weighted by Crippen LogP contribution is 2.06. The van der Waals surface area contributed by atoms with Gasteiger partial charge in [0.2, 0.25) is 0 Å². The Hall–Kier alpha value is -0.120. The maximum atomic E-state index is 5.22. The molecule has 1 rings (SSSR count). The van der Waals surface area contributed by atoms with Gasteiger partial charge in [0.25, 0.3) is 0 Å². The van der Waals surface area contributed by atoms with Crippen molar-refractivity contribution in [1.82, 2.24) is 5.32 Å². The van der Waals surface area contributed by atoms with E-state index in [4.69, 9.17) is 9.78 Å². The van der Waals surface area contributed by atoms with Gasteiger partial charge in [0.05, 0.1) is 6.61 Å². The predicted octanol–water partition coefficient (Wildman–Crippen LogP) is 1.49. The van der Waals surface area contributed by atoms with Crippen LogP contribution in [0.5, 0.6) is 0 Å². The summed E-state index contributed by atoms with van der Waals surface area (Å²) in [7, 11) is 0. The Morgan fingerprint density at radius 3 is 3.08 bits per heavy atom. The van der Waals surface area contributed by atoms with Crippen molar-refractivity contribution in [2.45, 2.75) is 38.7 Å². The van der Waals surface area contributed by atoms with Crippen LogP contribution in [-0.2, 0) is 9.78 Å². The molecule has 0 bridgehead atoms. The number of hydrogen-bond acceptors (Lipinski definition) is 3. The third kappa shape index (κ3) is 4.04. The molecule has 1 aliphatic rings. The van der Waals surface area contributed by atoms with Gasteiger partial charge in [-0.15, -0.1) is 0 Å². The molecule has 0 spiro atoms. The second kappa shape index (κ2) is 6.40. The van der Waals surface area contributed by atoms with E-state index in [1.54, 1.807) is 0 Å². The summed E-state index contributed by atoms with van der Waals surface area (Å²) in [6.45, 7) is 4.93. The van der Waals surface area contributed by atoms with Crippen molar-refractivity contribution in [2.75, 3.05) is 19.7 Å². The molecule has 0 radical (unpaired) electrons. The predicted molar refractivity (Wildman–Crippen MR) is 47.8 cm³/mol. The van der Waals surface area contributed by atoms with E-state index in [2.05, 4.69) is 12.2 Å². The van der Waals surface area contributed by atoms with Gasteiger partial charge in [0, 0.05) is 6.54 Å². The third-order valence-electron chi connectivity index (χ3n) is 2.04. The monoisotopic (exact) mass is 173 g/mol. The van der Waals surface area contributed by atoms with Gasteiger partial charge in [-0.3, -0.25) is 0 Å². The van der Waals surface area contributed by atoms with E-state index < -0.39 is 0 Å². The molecule has 1 N–H and O–H groups in total. The molecule has 1 aliphatic heterocycles. The van der Waals surface area contributed by atoms with E-state index in [-0.39, 0.29) is 6.10 Å². The van der Waals surface area contributed by atoms with Crippen LogP contribution in [0.3, 0.4) is 0 Å². The Morgan fingerprint density at radius 1 is 1.50 bits per heavy atom. The molecule has 0 aliphatic carbocycles. The van der Waals surface area contributed by atoms with Crippen LogP contribution in [0.25, 0.3) is 0 Å². The van der Waals surface area contributed by atoms with Gasteiger partial charge >= 0.3 is 0 Å². The smallest absolute Gasteiger partial charge is 0.105 e. The molecular weight excluding hydrogens is 154 g/mol. The van der Waals surface area contributed by atoms with Gasteiger partial charge in [0.15, 0.2) is 0 Å². The molecule has 0 amide bonds. The van der Waals surface area contributed by atoms with E-state index in [9.17, 15) is 0 Å². The standard InChI is InChI=1S/C9H19NO2/c1-2-3-7-11-12-9-5-4-6-10-8-9/h9-10H,2-8H2,1H3.